The molecule has 0 radical (unpaired) electrons. The summed E-state index contributed by atoms with van der Waals surface area (Å²) < 4.78 is 36.2. The van der Waals surface area contributed by atoms with E-state index in [9.17, 15) is 8.42 Å². The first-order valence-electron chi connectivity index (χ1n) is 6.19. The molecule has 1 rings (SSSR count). The largest absolute Gasteiger partial charge is 0.384 e. The van der Waals surface area contributed by atoms with Crippen molar-refractivity contribution in [3.05, 3.63) is 0 Å². The molecule has 0 saturated carbocycles. The second kappa shape index (κ2) is 9.10. The van der Waals surface area contributed by atoms with Gasteiger partial charge in [-0.2, -0.15) is 0 Å². The van der Waals surface area contributed by atoms with E-state index < -0.39 is 10.0 Å². The molecule has 0 aromatic carbocycles. The average Bonchev–Trinajstić information content (AvgIpc) is 2.36. The van der Waals surface area contributed by atoms with Crippen LogP contribution < -0.4 is 10.0 Å². The fourth-order valence-corrected chi connectivity index (χ4v) is 3.22. The molecule has 0 amide bonds. The Labute approximate surface area is 122 Å². The molecule has 0 aromatic rings. The lowest BCUT2D eigenvalue weighted by molar-refractivity contribution is 0.0577. The van der Waals surface area contributed by atoms with Crippen molar-refractivity contribution in [2.75, 3.05) is 52.8 Å². The van der Waals surface area contributed by atoms with Crippen LogP contribution >= 0.6 is 12.4 Å². The highest BCUT2D eigenvalue weighted by Gasteiger charge is 2.33. The highest BCUT2D eigenvalue weighted by molar-refractivity contribution is 7.89. The Balaban J connectivity index is 0.00000324. The third kappa shape index (κ3) is 6.87. The molecule has 0 bridgehead atoms. The number of hydrogen-bond acceptors (Lipinski definition) is 5. The fourth-order valence-electron chi connectivity index (χ4n) is 2.16. The molecule has 8 heteroatoms. The van der Waals surface area contributed by atoms with E-state index >= 15 is 0 Å². The number of rotatable bonds is 8. The molecule has 0 atom stereocenters. The number of piperidine rings is 1. The van der Waals surface area contributed by atoms with E-state index in [2.05, 4.69) is 10.0 Å². The second-order valence-corrected chi connectivity index (χ2v) is 6.74. The molecule has 1 fully saturated rings. The molecule has 1 saturated heterocycles. The van der Waals surface area contributed by atoms with Gasteiger partial charge in [0.25, 0.3) is 0 Å². The molecule has 6 nitrogen and oxygen atoms in total. The van der Waals surface area contributed by atoms with E-state index in [1.54, 1.807) is 7.11 Å². The lowest BCUT2D eigenvalue weighted by atomic mass is 9.80. The lowest BCUT2D eigenvalue weighted by Gasteiger charge is -2.37. The van der Waals surface area contributed by atoms with Crippen molar-refractivity contribution < 1.29 is 17.9 Å². The highest BCUT2D eigenvalue weighted by Crippen LogP contribution is 2.28. The summed E-state index contributed by atoms with van der Waals surface area (Å²) in [5.74, 6) is 0.00477. The summed E-state index contributed by atoms with van der Waals surface area (Å²) in [5.41, 5.74) is -0.0832. The molecule has 19 heavy (non-hydrogen) atoms. The van der Waals surface area contributed by atoms with Crippen molar-refractivity contribution in [1.82, 2.24) is 10.0 Å². The van der Waals surface area contributed by atoms with E-state index in [1.807, 2.05) is 0 Å². The maximum Gasteiger partial charge on any atom is 0.213 e. The monoisotopic (exact) mass is 316 g/mol. The first kappa shape index (κ1) is 19.1. The van der Waals surface area contributed by atoms with E-state index in [0.29, 0.717) is 13.2 Å². The van der Waals surface area contributed by atoms with E-state index in [0.717, 1.165) is 25.9 Å². The van der Waals surface area contributed by atoms with Gasteiger partial charge in [-0.25, -0.2) is 13.1 Å². The van der Waals surface area contributed by atoms with Crippen LogP contribution in [0.1, 0.15) is 12.8 Å². The minimum atomic E-state index is -3.25. The first-order valence-corrected chi connectivity index (χ1v) is 7.85. The maximum atomic E-state index is 11.7. The number of halogens is 1. The zero-order valence-corrected chi connectivity index (χ0v) is 13.2. The zero-order valence-electron chi connectivity index (χ0n) is 11.6. The van der Waals surface area contributed by atoms with Crippen LogP contribution in [0.15, 0.2) is 0 Å². The van der Waals surface area contributed by atoms with Crippen molar-refractivity contribution in [1.29, 1.82) is 0 Å². The second-order valence-electron chi connectivity index (χ2n) is 4.82. The molecule has 0 aromatic heterocycles. The van der Waals surface area contributed by atoms with Crippen LogP contribution in [0.25, 0.3) is 0 Å². The van der Waals surface area contributed by atoms with Gasteiger partial charge in [0.05, 0.1) is 19.0 Å². The Bertz CT molecular complexity index is 326. The Morgan fingerprint density at radius 3 is 2.37 bits per heavy atom. The molecule has 0 aliphatic carbocycles. The number of methoxy groups -OCH3 is 2. The van der Waals surface area contributed by atoms with E-state index in [1.165, 1.54) is 7.11 Å². The van der Waals surface area contributed by atoms with Crippen LogP contribution in [0, 0.1) is 5.41 Å². The van der Waals surface area contributed by atoms with Crippen molar-refractivity contribution >= 4 is 22.4 Å². The predicted octanol–water partition coefficient (Wildman–Crippen LogP) is -0.00980. The Morgan fingerprint density at radius 1 is 1.21 bits per heavy atom. The van der Waals surface area contributed by atoms with E-state index in [-0.39, 0.29) is 30.2 Å². The van der Waals surface area contributed by atoms with Gasteiger partial charge in [-0.05, 0) is 25.9 Å². The van der Waals surface area contributed by atoms with Crippen molar-refractivity contribution in [3.8, 4) is 0 Å². The maximum absolute atomic E-state index is 11.7. The van der Waals surface area contributed by atoms with Gasteiger partial charge in [0.2, 0.25) is 10.0 Å². The van der Waals surface area contributed by atoms with E-state index in [4.69, 9.17) is 9.47 Å². The molecule has 1 aliphatic heterocycles. The quantitative estimate of drug-likeness (QED) is 0.659. The zero-order chi connectivity index (χ0) is 13.5. The third-order valence-corrected chi connectivity index (χ3v) is 4.63. The van der Waals surface area contributed by atoms with Crippen molar-refractivity contribution in [2.24, 2.45) is 5.41 Å². The standard InChI is InChI=1S/C11H24N2O4S.ClH/c1-16-7-8-18(14,15)13-9-11(10-17-2)3-5-12-6-4-11;/h12-13H,3-10H2,1-2H3;1H. The van der Waals surface area contributed by atoms with Crippen LogP contribution in [0.3, 0.4) is 0 Å². The number of ether oxygens (including phenoxy) is 2. The first-order chi connectivity index (χ1) is 8.54. The SMILES string of the molecule is COCCS(=O)(=O)NCC1(COC)CCNCC1.Cl. The summed E-state index contributed by atoms with van der Waals surface area (Å²) in [6.45, 7) is 3.05. The van der Waals surface area contributed by atoms with Crippen LogP contribution in [0.2, 0.25) is 0 Å². The van der Waals surface area contributed by atoms with Crippen LogP contribution in [-0.4, -0.2) is 61.2 Å². The van der Waals surface area contributed by atoms with Gasteiger partial charge >= 0.3 is 0 Å². The number of hydrogen-bond donors (Lipinski definition) is 2. The molecule has 0 spiro atoms. The molecular weight excluding hydrogens is 292 g/mol. The molecule has 116 valence electrons. The highest BCUT2D eigenvalue weighted by atomic mass is 35.5. The molecular formula is C11H25ClN2O4S. The molecule has 1 aliphatic rings. The number of nitrogens with one attached hydrogen (secondary N) is 2. The summed E-state index contributed by atoms with van der Waals surface area (Å²) in [6.07, 6.45) is 1.85. The van der Waals surface area contributed by atoms with Gasteiger partial charge in [0.1, 0.15) is 0 Å². The summed E-state index contributed by atoms with van der Waals surface area (Å²) >= 11 is 0. The average molecular weight is 317 g/mol. The van der Waals surface area contributed by atoms with Crippen LogP contribution in [-0.2, 0) is 19.5 Å². The number of sulfonamides is 1. The topological polar surface area (TPSA) is 76.7 Å². The predicted molar refractivity (Wildman–Crippen MR) is 77.3 cm³/mol. The molecule has 1 heterocycles. The summed E-state index contributed by atoms with van der Waals surface area (Å²) in [6, 6.07) is 0. The summed E-state index contributed by atoms with van der Waals surface area (Å²) in [5, 5.41) is 3.28. The van der Waals surface area contributed by atoms with Gasteiger partial charge < -0.3 is 14.8 Å². The minimum absolute atomic E-state index is 0. The Kier molecular flexibility index (Phi) is 9.13. The van der Waals surface area contributed by atoms with Crippen molar-refractivity contribution in [3.63, 3.8) is 0 Å². The Hall–Kier alpha value is 0.0800. The molecule has 2 N–H and O–H groups in total. The smallest absolute Gasteiger partial charge is 0.213 e. The lowest BCUT2D eigenvalue weighted by Crippen LogP contribution is -2.47. The fraction of sp³-hybridized carbons (Fsp3) is 1.00. The van der Waals surface area contributed by atoms with Gasteiger partial charge in [-0.3, -0.25) is 0 Å². The molecule has 0 unspecified atom stereocenters. The minimum Gasteiger partial charge on any atom is -0.384 e. The Morgan fingerprint density at radius 2 is 1.84 bits per heavy atom. The van der Waals surface area contributed by atoms with Gasteiger partial charge in [-0.15, -0.1) is 12.4 Å². The summed E-state index contributed by atoms with van der Waals surface area (Å²) in [4.78, 5) is 0. The van der Waals surface area contributed by atoms with Gasteiger partial charge in [0.15, 0.2) is 0 Å². The van der Waals surface area contributed by atoms with Gasteiger partial charge in [0, 0.05) is 26.2 Å². The normalized spacial score (nSPS) is 18.8. The summed E-state index contributed by atoms with van der Waals surface area (Å²) in [7, 11) is -0.0998. The van der Waals surface area contributed by atoms with Crippen LogP contribution in [0.5, 0.6) is 0 Å². The van der Waals surface area contributed by atoms with Crippen LogP contribution in [0.4, 0.5) is 0 Å². The van der Waals surface area contributed by atoms with Crippen molar-refractivity contribution in [2.45, 2.75) is 12.8 Å². The third-order valence-electron chi connectivity index (χ3n) is 3.34. The van der Waals surface area contributed by atoms with Gasteiger partial charge in [-0.1, -0.05) is 0 Å².